The van der Waals surface area contributed by atoms with E-state index >= 15 is 0 Å². The summed E-state index contributed by atoms with van der Waals surface area (Å²) in [4.78, 5) is 13.6. The van der Waals surface area contributed by atoms with Gasteiger partial charge in [0.1, 0.15) is 0 Å². The third kappa shape index (κ3) is 7.65. The molecule has 16 heavy (non-hydrogen) atoms. The van der Waals surface area contributed by atoms with Crippen molar-refractivity contribution in [1.82, 2.24) is 10.2 Å². The molecule has 0 aliphatic carbocycles. The van der Waals surface area contributed by atoms with E-state index in [1.807, 2.05) is 18.7 Å². The predicted octanol–water partition coefficient (Wildman–Crippen LogP) is 0.995. The largest absolute Gasteiger partial charge is 0.395 e. The quantitative estimate of drug-likeness (QED) is 0.621. The minimum Gasteiger partial charge on any atom is -0.395 e. The van der Waals surface area contributed by atoms with E-state index in [4.69, 9.17) is 5.11 Å². The molecule has 0 aromatic carbocycles. The Morgan fingerprint density at radius 3 is 2.56 bits per heavy atom. The van der Waals surface area contributed by atoms with Crippen molar-refractivity contribution in [2.75, 3.05) is 26.2 Å². The zero-order valence-electron chi connectivity index (χ0n) is 10.8. The van der Waals surface area contributed by atoms with Crippen molar-refractivity contribution >= 4 is 5.91 Å². The van der Waals surface area contributed by atoms with Crippen LogP contribution in [0.15, 0.2) is 0 Å². The van der Waals surface area contributed by atoms with E-state index in [1.165, 1.54) is 0 Å². The van der Waals surface area contributed by atoms with Gasteiger partial charge in [0.25, 0.3) is 0 Å². The fourth-order valence-electron chi connectivity index (χ4n) is 1.42. The lowest BCUT2D eigenvalue weighted by Gasteiger charge is -2.21. The first-order valence-corrected chi connectivity index (χ1v) is 6.26. The molecule has 0 rings (SSSR count). The summed E-state index contributed by atoms with van der Waals surface area (Å²) in [5.41, 5.74) is 0. The third-order valence-corrected chi connectivity index (χ3v) is 2.63. The molecule has 0 bridgehead atoms. The molecule has 96 valence electrons. The molecule has 1 unspecified atom stereocenters. The maximum absolute atomic E-state index is 11.6. The van der Waals surface area contributed by atoms with Crippen LogP contribution < -0.4 is 5.32 Å². The summed E-state index contributed by atoms with van der Waals surface area (Å²) in [6, 6.07) is 0.231. The number of aliphatic hydroxyl groups excluding tert-OH is 1. The van der Waals surface area contributed by atoms with Gasteiger partial charge in [-0.2, -0.15) is 0 Å². The monoisotopic (exact) mass is 230 g/mol. The molecular formula is C12H26N2O2. The number of rotatable bonds is 9. The van der Waals surface area contributed by atoms with Gasteiger partial charge >= 0.3 is 0 Å². The molecule has 2 N–H and O–H groups in total. The van der Waals surface area contributed by atoms with Gasteiger partial charge in [0, 0.05) is 12.6 Å². The molecular weight excluding hydrogens is 204 g/mol. The maximum Gasteiger partial charge on any atom is 0.234 e. The van der Waals surface area contributed by atoms with Gasteiger partial charge in [-0.05, 0) is 26.3 Å². The molecule has 0 spiro atoms. The van der Waals surface area contributed by atoms with E-state index in [-0.39, 0.29) is 18.6 Å². The lowest BCUT2D eigenvalue weighted by atomic mass is 10.2. The molecule has 0 aliphatic heterocycles. The zero-order valence-corrected chi connectivity index (χ0v) is 10.8. The smallest absolute Gasteiger partial charge is 0.234 e. The molecule has 0 saturated carbocycles. The van der Waals surface area contributed by atoms with Crippen molar-refractivity contribution in [1.29, 1.82) is 0 Å². The van der Waals surface area contributed by atoms with Gasteiger partial charge in [0.2, 0.25) is 5.91 Å². The molecule has 0 fully saturated rings. The molecule has 0 saturated heterocycles. The Morgan fingerprint density at radius 2 is 2.06 bits per heavy atom. The summed E-state index contributed by atoms with van der Waals surface area (Å²) in [5.74, 6) is 0.0545. The number of carbonyl (C=O) groups excluding carboxylic acids is 1. The Labute approximate surface area is 99.0 Å². The van der Waals surface area contributed by atoms with Gasteiger partial charge in [-0.25, -0.2) is 0 Å². The van der Waals surface area contributed by atoms with Crippen LogP contribution in [0.5, 0.6) is 0 Å². The second-order valence-electron chi connectivity index (χ2n) is 4.23. The molecule has 1 atom stereocenters. The van der Waals surface area contributed by atoms with Gasteiger partial charge in [0.15, 0.2) is 0 Å². The topological polar surface area (TPSA) is 52.6 Å². The summed E-state index contributed by atoms with van der Waals surface area (Å²) in [7, 11) is 0. The highest BCUT2D eigenvalue weighted by Crippen LogP contribution is 1.95. The zero-order chi connectivity index (χ0) is 12.4. The number of amides is 1. The number of carbonyl (C=O) groups is 1. The Bertz CT molecular complexity index is 186. The minimum absolute atomic E-state index is 0.0545. The lowest BCUT2D eigenvalue weighted by molar-refractivity contribution is -0.123. The molecule has 4 nitrogen and oxygen atoms in total. The number of aliphatic hydroxyl groups is 1. The first-order chi connectivity index (χ1) is 7.63. The number of hydrogen-bond acceptors (Lipinski definition) is 3. The van der Waals surface area contributed by atoms with Gasteiger partial charge in [-0.15, -0.1) is 0 Å². The Morgan fingerprint density at radius 1 is 1.38 bits per heavy atom. The maximum atomic E-state index is 11.6. The van der Waals surface area contributed by atoms with Crippen LogP contribution in [0.1, 0.15) is 40.0 Å². The second kappa shape index (κ2) is 9.60. The minimum atomic E-state index is 0.0545. The lowest BCUT2D eigenvalue weighted by Crippen LogP contribution is -2.42. The second-order valence-corrected chi connectivity index (χ2v) is 4.23. The van der Waals surface area contributed by atoms with Crippen LogP contribution in [0.3, 0.4) is 0 Å². The normalized spacial score (nSPS) is 12.8. The van der Waals surface area contributed by atoms with Crippen molar-refractivity contribution in [3.63, 3.8) is 0 Å². The third-order valence-electron chi connectivity index (χ3n) is 2.63. The number of nitrogens with zero attached hydrogens (tertiary/aromatic N) is 1. The highest BCUT2D eigenvalue weighted by Gasteiger charge is 2.11. The van der Waals surface area contributed by atoms with Gasteiger partial charge in [-0.1, -0.05) is 20.3 Å². The standard InChI is InChI=1S/C12H26N2O2/c1-4-6-7-14(8-9-15)10-12(16)13-11(3)5-2/h11,15H,4-10H2,1-3H3,(H,13,16). The Hall–Kier alpha value is -0.610. The fourth-order valence-corrected chi connectivity index (χ4v) is 1.42. The van der Waals surface area contributed by atoms with Crippen LogP contribution in [-0.4, -0.2) is 48.2 Å². The first-order valence-electron chi connectivity index (χ1n) is 6.26. The molecule has 0 radical (unpaired) electrons. The van der Waals surface area contributed by atoms with Gasteiger partial charge < -0.3 is 10.4 Å². The van der Waals surface area contributed by atoms with Gasteiger partial charge in [0.05, 0.1) is 13.2 Å². The van der Waals surface area contributed by atoms with E-state index < -0.39 is 0 Å². The SMILES string of the molecule is CCCCN(CCO)CC(=O)NC(C)CC. The fraction of sp³-hybridized carbons (Fsp3) is 0.917. The summed E-state index contributed by atoms with van der Waals surface area (Å²) in [5, 5.41) is 11.8. The van der Waals surface area contributed by atoms with E-state index in [2.05, 4.69) is 12.2 Å². The van der Waals surface area contributed by atoms with E-state index in [9.17, 15) is 4.79 Å². The van der Waals surface area contributed by atoms with Crippen LogP contribution in [0, 0.1) is 0 Å². The number of unbranched alkanes of at least 4 members (excludes halogenated alkanes) is 1. The van der Waals surface area contributed by atoms with Crippen molar-refractivity contribution in [3.8, 4) is 0 Å². The molecule has 0 aliphatic rings. The van der Waals surface area contributed by atoms with E-state index in [0.29, 0.717) is 13.1 Å². The van der Waals surface area contributed by atoms with Crippen molar-refractivity contribution in [3.05, 3.63) is 0 Å². The summed E-state index contributed by atoms with van der Waals surface area (Å²) < 4.78 is 0. The highest BCUT2D eigenvalue weighted by molar-refractivity contribution is 5.78. The summed E-state index contributed by atoms with van der Waals surface area (Å²) in [6.45, 7) is 8.13. The van der Waals surface area contributed by atoms with Crippen LogP contribution in [0.4, 0.5) is 0 Å². The van der Waals surface area contributed by atoms with Crippen LogP contribution in [-0.2, 0) is 4.79 Å². The van der Waals surface area contributed by atoms with Crippen LogP contribution >= 0.6 is 0 Å². The Balaban J connectivity index is 3.91. The van der Waals surface area contributed by atoms with Crippen LogP contribution in [0.25, 0.3) is 0 Å². The molecule has 0 aromatic rings. The average molecular weight is 230 g/mol. The average Bonchev–Trinajstić information content (AvgIpc) is 2.25. The summed E-state index contributed by atoms with van der Waals surface area (Å²) >= 11 is 0. The number of hydrogen-bond donors (Lipinski definition) is 2. The van der Waals surface area contributed by atoms with Crippen molar-refractivity contribution in [2.45, 2.75) is 46.1 Å². The van der Waals surface area contributed by atoms with E-state index in [0.717, 1.165) is 25.8 Å². The first kappa shape index (κ1) is 15.4. The van der Waals surface area contributed by atoms with Crippen molar-refractivity contribution in [2.24, 2.45) is 0 Å². The predicted molar refractivity (Wildman–Crippen MR) is 66.3 cm³/mol. The number of nitrogens with one attached hydrogen (secondary N) is 1. The van der Waals surface area contributed by atoms with Crippen LogP contribution in [0.2, 0.25) is 0 Å². The van der Waals surface area contributed by atoms with Crippen molar-refractivity contribution < 1.29 is 9.90 Å². The Kier molecular flexibility index (Phi) is 9.24. The van der Waals surface area contributed by atoms with Gasteiger partial charge in [-0.3, -0.25) is 9.69 Å². The molecule has 0 heterocycles. The molecule has 0 aromatic heterocycles. The summed E-state index contributed by atoms with van der Waals surface area (Å²) in [6.07, 6.45) is 3.12. The van der Waals surface area contributed by atoms with E-state index in [1.54, 1.807) is 0 Å². The highest BCUT2D eigenvalue weighted by atomic mass is 16.3. The molecule has 1 amide bonds. The molecule has 4 heteroatoms.